The third kappa shape index (κ3) is 3.11. The van der Waals surface area contributed by atoms with E-state index in [4.69, 9.17) is 26.8 Å². The summed E-state index contributed by atoms with van der Waals surface area (Å²) in [5.41, 5.74) is 7.18. The largest absolute Gasteiger partial charge is 0.486 e. The highest BCUT2D eigenvalue weighted by atomic mass is 35.5. The van der Waals surface area contributed by atoms with Crippen molar-refractivity contribution in [1.29, 1.82) is 0 Å². The van der Waals surface area contributed by atoms with E-state index in [0.29, 0.717) is 36.6 Å². The van der Waals surface area contributed by atoms with E-state index < -0.39 is 0 Å². The normalized spacial score (nSPS) is 23.9. The Morgan fingerprint density at radius 1 is 1.43 bits per heavy atom. The van der Waals surface area contributed by atoms with Crippen LogP contribution in [-0.2, 0) is 0 Å². The number of hydrogen-bond donors (Lipinski definition) is 1. The molecule has 2 atom stereocenters. The molecule has 0 bridgehead atoms. The van der Waals surface area contributed by atoms with Crippen LogP contribution in [0.1, 0.15) is 18.5 Å². The first kappa shape index (κ1) is 15.3. The summed E-state index contributed by atoms with van der Waals surface area (Å²) in [5.74, 6) is 3.69. The molecule has 116 valence electrons. The molecule has 2 unspecified atom stereocenters. The molecule has 2 aliphatic heterocycles. The van der Waals surface area contributed by atoms with Crippen molar-refractivity contribution in [2.24, 2.45) is 5.73 Å². The summed E-state index contributed by atoms with van der Waals surface area (Å²) in [4.78, 5) is 2.47. The van der Waals surface area contributed by atoms with Crippen LogP contribution in [0.15, 0.2) is 12.1 Å². The Morgan fingerprint density at radius 2 is 2.24 bits per heavy atom. The minimum absolute atomic E-state index is 0.175. The van der Waals surface area contributed by atoms with Crippen molar-refractivity contribution < 1.29 is 9.47 Å². The van der Waals surface area contributed by atoms with Crippen molar-refractivity contribution in [2.75, 3.05) is 37.8 Å². The molecule has 4 nitrogen and oxygen atoms in total. The second kappa shape index (κ2) is 6.65. The van der Waals surface area contributed by atoms with Gasteiger partial charge in [0.2, 0.25) is 0 Å². The van der Waals surface area contributed by atoms with Gasteiger partial charge in [-0.05, 0) is 24.6 Å². The van der Waals surface area contributed by atoms with Gasteiger partial charge in [-0.25, -0.2) is 0 Å². The molecule has 1 saturated heterocycles. The Labute approximate surface area is 134 Å². The lowest BCUT2D eigenvalue weighted by molar-refractivity contribution is 0.160. The second-order valence-electron chi connectivity index (χ2n) is 5.44. The van der Waals surface area contributed by atoms with Crippen molar-refractivity contribution >= 4 is 23.4 Å². The number of hydrogen-bond acceptors (Lipinski definition) is 5. The van der Waals surface area contributed by atoms with E-state index in [1.54, 1.807) is 0 Å². The van der Waals surface area contributed by atoms with Gasteiger partial charge in [-0.1, -0.05) is 11.6 Å². The Morgan fingerprint density at radius 3 is 3.00 bits per heavy atom. The van der Waals surface area contributed by atoms with Gasteiger partial charge < -0.3 is 15.2 Å². The maximum atomic E-state index is 6.36. The molecule has 0 radical (unpaired) electrons. The number of benzene rings is 1. The number of nitrogens with two attached hydrogens (primary N) is 1. The molecular weight excluding hydrogens is 308 g/mol. The molecule has 1 aromatic carbocycles. The van der Waals surface area contributed by atoms with Crippen molar-refractivity contribution in [3.63, 3.8) is 0 Å². The number of ether oxygens (including phenoxy) is 2. The SMILES string of the molecule is CC1CSCCN1C(CN)c1cc(Cl)c2c(c1)OCCO2. The lowest BCUT2D eigenvalue weighted by atomic mass is 10.0. The topological polar surface area (TPSA) is 47.7 Å². The molecule has 0 aliphatic carbocycles. The molecule has 0 saturated carbocycles. The molecular formula is C15H21ClN2O2S. The van der Waals surface area contributed by atoms with Gasteiger partial charge in [0, 0.05) is 36.7 Å². The zero-order valence-corrected chi connectivity index (χ0v) is 13.8. The Balaban J connectivity index is 1.91. The minimum atomic E-state index is 0.175. The summed E-state index contributed by atoms with van der Waals surface area (Å²) >= 11 is 8.36. The van der Waals surface area contributed by atoms with Crippen LogP contribution in [0.4, 0.5) is 0 Å². The molecule has 2 N–H and O–H groups in total. The zero-order chi connectivity index (χ0) is 14.8. The standard InChI is InChI=1S/C15H21ClN2O2S/c1-10-9-21-5-2-18(10)13(8-17)11-6-12(16)15-14(7-11)19-3-4-20-15/h6-7,10,13H,2-5,8-9,17H2,1H3. The monoisotopic (exact) mass is 328 g/mol. The summed E-state index contributed by atoms with van der Waals surface area (Å²) < 4.78 is 11.3. The van der Waals surface area contributed by atoms with Crippen molar-refractivity contribution in [3.05, 3.63) is 22.7 Å². The highest BCUT2D eigenvalue weighted by molar-refractivity contribution is 7.99. The molecule has 2 aliphatic rings. The van der Waals surface area contributed by atoms with Crippen molar-refractivity contribution in [3.8, 4) is 11.5 Å². The summed E-state index contributed by atoms with van der Waals surface area (Å²) in [5, 5.41) is 0.611. The quantitative estimate of drug-likeness (QED) is 0.924. The first-order valence-electron chi connectivity index (χ1n) is 7.33. The van der Waals surface area contributed by atoms with Crippen LogP contribution in [0.5, 0.6) is 11.5 Å². The number of rotatable bonds is 3. The molecule has 6 heteroatoms. The Hall–Kier alpha value is -0.620. The first-order chi connectivity index (χ1) is 10.2. The minimum Gasteiger partial charge on any atom is -0.486 e. The third-order valence-electron chi connectivity index (χ3n) is 4.05. The Bertz CT molecular complexity index is 515. The van der Waals surface area contributed by atoms with Gasteiger partial charge in [0.15, 0.2) is 11.5 Å². The maximum Gasteiger partial charge on any atom is 0.179 e. The lowest BCUT2D eigenvalue weighted by Crippen LogP contribution is -2.45. The summed E-state index contributed by atoms with van der Waals surface area (Å²) in [6.07, 6.45) is 0. The van der Waals surface area contributed by atoms with Gasteiger partial charge in [-0.2, -0.15) is 11.8 Å². The Kier molecular flexibility index (Phi) is 4.84. The molecule has 0 aromatic heterocycles. The van der Waals surface area contributed by atoms with E-state index in [-0.39, 0.29) is 6.04 Å². The number of thioether (sulfide) groups is 1. The van der Waals surface area contributed by atoms with Crippen LogP contribution in [0.3, 0.4) is 0 Å². The molecule has 2 heterocycles. The average Bonchev–Trinajstić information content (AvgIpc) is 2.50. The van der Waals surface area contributed by atoms with Crippen molar-refractivity contribution in [1.82, 2.24) is 4.90 Å². The number of nitrogens with zero attached hydrogens (tertiary/aromatic N) is 1. The molecule has 1 fully saturated rings. The molecule has 1 aromatic rings. The van der Waals surface area contributed by atoms with E-state index in [9.17, 15) is 0 Å². The van der Waals surface area contributed by atoms with E-state index in [0.717, 1.165) is 29.4 Å². The number of fused-ring (bicyclic) bond motifs is 1. The summed E-state index contributed by atoms with van der Waals surface area (Å²) in [7, 11) is 0. The lowest BCUT2D eigenvalue weighted by Gasteiger charge is -2.39. The van der Waals surface area contributed by atoms with E-state index in [1.165, 1.54) is 0 Å². The van der Waals surface area contributed by atoms with Gasteiger partial charge in [-0.3, -0.25) is 4.90 Å². The molecule has 3 rings (SSSR count). The third-order valence-corrected chi connectivity index (χ3v) is 5.52. The van der Waals surface area contributed by atoms with Crippen LogP contribution < -0.4 is 15.2 Å². The predicted octanol–water partition coefficient (Wildman–Crippen LogP) is 2.55. The zero-order valence-electron chi connectivity index (χ0n) is 12.2. The van der Waals surface area contributed by atoms with Crippen LogP contribution in [0.25, 0.3) is 0 Å². The highest BCUT2D eigenvalue weighted by Gasteiger charge is 2.28. The van der Waals surface area contributed by atoms with E-state index in [1.807, 2.05) is 23.9 Å². The first-order valence-corrected chi connectivity index (χ1v) is 8.86. The second-order valence-corrected chi connectivity index (χ2v) is 7.00. The fraction of sp³-hybridized carbons (Fsp3) is 0.600. The fourth-order valence-corrected chi connectivity index (χ4v) is 4.30. The van der Waals surface area contributed by atoms with Gasteiger partial charge >= 0.3 is 0 Å². The van der Waals surface area contributed by atoms with Gasteiger partial charge in [0.1, 0.15) is 13.2 Å². The van der Waals surface area contributed by atoms with Gasteiger partial charge in [0.25, 0.3) is 0 Å². The summed E-state index contributed by atoms with van der Waals surface area (Å²) in [6.45, 7) is 5.00. The van der Waals surface area contributed by atoms with Crippen LogP contribution in [-0.4, -0.2) is 48.8 Å². The van der Waals surface area contributed by atoms with Crippen LogP contribution >= 0.6 is 23.4 Å². The average molecular weight is 329 g/mol. The number of halogens is 1. The van der Waals surface area contributed by atoms with E-state index in [2.05, 4.69) is 11.8 Å². The maximum absolute atomic E-state index is 6.36. The summed E-state index contributed by atoms with van der Waals surface area (Å²) in [6, 6.07) is 4.70. The van der Waals surface area contributed by atoms with Crippen LogP contribution in [0, 0.1) is 0 Å². The van der Waals surface area contributed by atoms with E-state index >= 15 is 0 Å². The highest BCUT2D eigenvalue weighted by Crippen LogP contribution is 2.41. The van der Waals surface area contributed by atoms with Gasteiger partial charge in [-0.15, -0.1) is 0 Å². The molecule has 0 spiro atoms. The fourth-order valence-electron chi connectivity index (χ4n) is 2.99. The van der Waals surface area contributed by atoms with Gasteiger partial charge in [0.05, 0.1) is 5.02 Å². The van der Waals surface area contributed by atoms with Crippen molar-refractivity contribution in [2.45, 2.75) is 19.0 Å². The smallest absolute Gasteiger partial charge is 0.179 e. The predicted molar refractivity (Wildman–Crippen MR) is 87.7 cm³/mol. The van der Waals surface area contributed by atoms with Crippen LogP contribution in [0.2, 0.25) is 5.02 Å². The molecule has 21 heavy (non-hydrogen) atoms. The molecule has 0 amide bonds.